The number of aliphatic hydroxyl groups is 1. The zero-order valence-corrected chi connectivity index (χ0v) is 12.7. The molecule has 0 spiro atoms. The van der Waals surface area contributed by atoms with Gasteiger partial charge in [-0.25, -0.2) is 4.79 Å². The van der Waals surface area contributed by atoms with Crippen LogP contribution in [0.2, 0.25) is 0 Å². The van der Waals surface area contributed by atoms with E-state index in [0.29, 0.717) is 5.92 Å². The van der Waals surface area contributed by atoms with Crippen LogP contribution in [0.4, 0.5) is 4.79 Å². The molecule has 1 unspecified atom stereocenters. The number of hydrogen-bond donors (Lipinski definition) is 2. The molecule has 0 radical (unpaired) electrons. The highest BCUT2D eigenvalue weighted by Crippen LogP contribution is 2.14. The van der Waals surface area contributed by atoms with Crippen LogP contribution in [0.15, 0.2) is 0 Å². The lowest BCUT2D eigenvalue weighted by Crippen LogP contribution is -2.44. The number of alkyl halides is 1. The van der Waals surface area contributed by atoms with Crippen LogP contribution in [0.3, 0.4) is 0 Å². The van der Waals surface area contributed by atoms with Crippen molar-refractivity contribution < 1.29 is 14.6 Å². The maximum absolute atomic E-state index is 11.5. The van der Waals surface area contributed by atoms with E-state index in [-0.39, 0.29) is 6.04 Å². The fourth-order valence-electron chi connectivity index (χ4n) is 1.21. The van der Waals surface area contributed by atoms with Gasteiger partial charge in [-0.15, -0.1) is 0 Å². The smallest absolute Gasteiger partial charge is 0.407 e. The van der Waals surface area contributed by atoms with Crippen LogP contribution in [0.25, 0.3) is 0 Å². The first-order valence-electron chi connectivity index (χ1n) is 5.43. The largest absolute Gasteiger partial charge is 0.444 e. The van der Waals surface area contributed by atoms with Crippen molar-refractivity contribution in [3.05, 3.63) is 0 Å². The van der Waals surface area contributed by atoms with Gasteiger partial charge in [-0.2, -0.15) is 0 Å². The van der Waals surface area contributed by atoms with Crippen molar-refractivity contribution in [3.8, 4) is 0 Å². The van der Waals surface area contributed by atoms with Gasteiger partial charge in [0, 0.05) is 0 Å². The Kier molecular flexibility index (Phi) is 6.62. The number of rotatable bonds is 4. The van der Waals surface area contributed by atoms with E-state index in [4.69, 9.17) is 4.74 Å². The van der Waals surface area contributed by atoms with E-state index in [1.807, 2.05) is 57.2 Å². The number of aliphatic hydroxyl groups excluding tert-OH is 1. The summed E-state index contributed by atoms with van der Waals surface area (Å²) in [6.45, 7) is 9.52. The summed E-state index contributed by atoms with van der Waals surface area (Å²) in [5.41, 5.74) is -0.511. The van der Waals surface area contributed by atoms with Crippen molar-refractivity contribution in [1.29, 1.82) is 0 Å². The molecular weight excluding hydrogens is 321 g/mol. The fraction of sp³-hybridized carbons (Fsp3) is 0.909. The number of carbonyl (C=O) groups excluding carboxylic acids is 1. The third-order valence-electron chi connectivity index (χ3n) is 1.76. The molecule has 0 heterocycles. The Morgan fingerprint density at radius 3 is 2.25 bits per heavy atom. The van der Waals surface area contributed by atoms with Gasteiger partial charge in [0.05, 0.1) is 6.04 Å². The molecular formula is C11H22INO3. The molecule has 0 aromatic rings. The average molecular weight is 343 g/mol. The molecule has 0 aromatic heterocycles. The molecule has 5 heteroatoms. The molecule has 2 N–H and O–H groups in total. The van der Waals surface area contributed by atoms with Crippen molar-refractivity contribution in [2.24, 2.45) is 5.92 Å². The van der Waals surface area contributed by atoms with E-state index in [1.165, 1.54) is 0 Å². The molecule has 0 rings (SSSR count). The summed E-state index contributed by atoms with van der Waals surface area (Å²) in [7, 11) is 0. The normalized spacial score (nSPS) is 15.8. The van der Waals surface area contributed by atoms with Crippen LogP contribution in [-0.2, 0) is 4.74 Å². The number of nitrogens with one attached hydrogen (secondary N) is 1. The van der Waals surface area contributed by atoms with Gasteiger partial charge in [-0.1, -0.05) is 13.8 Å². The Balaban J connectivity index is 4.24. The highest BCUT2D eigenvalue weighted by Gasteiger charge is 2.23. The molecule has 96 valence electrons. The van der Waals surface area contributed by atoms with Crippen LogP contribution in [0.1, 0.15) is 41.0 Å². The number of halogens is 1. The second-order valence-corrected chi connectivity index (χ2v) is 6.53. The van der Waals surface area contributed by atoms with E-state index in [2.05, 4.69) is 5.32 Å². The molecule has 0 bridgehead atoms. The molecule has 1 amide bonds. The van der Waals surface area contributed by atoms with Gasteiger partial charge in [0.15, 0.2) is 0 Å². The molecule has 4 nitrogen and oxygen atoms in total. The number of hydrogen-bond acceptors (Lipinski definition) is 3. The Morgan fingerprint density at radius 2 is 1.94 bits per heavy atom. The Labute approximate surface area is 111 Å². The number of ether oxygens (including phenoxy) is 1. The van der Waals surface area contributed by atoms with E-state index in [1.54, 1.807) is 0 Å². The molecule has 0 saturated heterocycles. The van der Waals surface area contributed by atoms with Gasteiger partial charge in [0.2, 0.25) is 0 Å². The molecule has 0 saturated carbocycles. The van der Waals surface area contributed by atoms with Crippen LogP contribution >= 0.6 is 22.6 Å². The Hall–Kier alpha value is -0.0400. The van der Waals surface area contributed by atoms with Crippen molar-refractivity contribution >= 4 is 28.7 Å². The van der Waals surface area contributed by atoms with Crippen LogP contribution < -0.4 is 5.32 Å². The topological polar surface area (TPSA) is 58.6 Å². The summed E-state index contributed by atoms with van der Waals surface area (Å²) >= 11 is 1.89. The van der Waals surface area contributed by atoms with Crippen molar-refractivity contribution in [2.75, 3.05) is 0 Å². The standard InChI is InChI=1S/C11H22INO3/c1-7(2)6-8(9(12)14)13-10(15)16-11(3,4)5/h7-9,14H,6H2,1-5H3,(H,13,15)/t8-,9?/m1/s1. The quantitative estimate of drug-likeness (QED) is 0.610. The van der Waals surface area contributed by atoms with Gasteiger partial charge in [-0.05, 0) is 55.7 Å². The zero-order chi connectivity index (χ0) is 12.9. The molecule has 0 aliphatic heterocycles. The fourth-order valence-corrected chi connectivity index (χ4v) is 1.68. The summed E-state index contributed by atoms with van der Waals surface area (Å²) in [4.78, 5) is 11.5. The van der Waals surface area contributed by atoms with Crippen LogP contribution in [0, 0.1) is 5.92 Å². The second kappa shape index (κ2) is 6.64. The second-order valence-electron chi connectivity index (χ2n) is 5.25. The lowest BCUT2D eigenvalue weighted by atomic mass is 10.0. The van der Waals surface area contributed by atoms with Gasteiger partial charge in [0.1, 0.15) is 9.71 Å². The first kappa shape index (κ1) is 16.0. The predicted octanol–water partition coefficient (Wildman–Crippen LogP) is 2.68. The SMILES string of the molecule is CC(C)C[C@@H](NC(=O)OC(C)(C)C)C(O)I. The lowest BCUT2D eigenvalue weighted by Gasteiger charge is -2.25. The minimum Gasteiger partial charge on any atom is -0.444 e. The van der Waals surface area contributed by atoms with Crippen molar-refractivity contribution in [2.45, 2.75) is 56.8 Å². The van der Waals surface area contributed by atoms with Crippen LogP contribution in [-0.4, -0.2) is 27.0 Å². The van der Waals surface area contributed by atoms with E-state index in [0.717, 1.165) is 6.42 Å². The van der Waals surface area contributed by atoms with Gasteiger partial charge < -0.3 is 15.2 Å². The first-order chi connectivity index (χ1) is 7.11. The first-order valence-corrected chi connectivity index (χ1v) is 6.68. The highest BCUT2D eigenvalue weighted by molar-refractivity contribution is 14.1. The van der Waals surface area contributed by atoms with E-state index in [9.17, 15) is 9.90 Å². The lowest BCUT2D eigenvalue weighted by molar-refractivity contribution is 0.0468. The summed E-state index contributed by atoms with van der Waals surface area (Å²) in [6, 6.07) is -0.268. The van der Waals surface area contributed by atoms with Crippen LogP contribution in [0.5, 0.6) is 0 Å². The molecule has 0 fully saturated rings. The minimum absolute atomic E-state index is 0.268. The number of amides is 1. The summed E-state index contributed by atoms with van der Waals surface area (Å²) < 4.78 is 4.53. The molecule has 0 aliphatic carbocycles. The number of carbonyl (C=O) groups is 1. The number of alkyl carbamates (subject to hydrolysis) is 1. The molecule has 0 aliphatic rings. The maximum Gasteiger partial charge on any atom is 0.407 e. The summed E-state index contributed by atoms with van der Waals surface area (Å²) in [6.07, 6.45) is 0.248. The van der Waals surface area contributed by atoms with E-state index >= 15 is 0 Å². The third kappa shape index (κ3) is 8.15. The highest BCUT2D eigenvalue weighted by atomic mass is 127. The van der Waals surface area contributed by atoms with Gasteiger partial charge in [0.25, 0.3) is 0 Å². The zero-order valence-electron chi connectivity index (χ0n) is 10.6. The Bertz CT molecular complexity index is 224. The van der Waals surface area contributed by atoms with Crippen molar-refractivity contribution in [1.82, 2.24) is 5.32 Å². The third-order valence-corrected chi connectivity index (χ3v) is 2.63. The predicted molar refractivity (Wildman–Crippen MR) is 72.6 cm³/mol. The molecule has 16 heavy (non-hydrogen) atoms. The summed E-state index contributed by atoms with van der Waals surface area (Å²) in [5.74, 6) is 0.407. The Morgan fingerprint density at radius 1 is 1.44 bits per heavy atom. The molecule has 0 aromatic carbocycles. The average Bonchev–Trinajstić information content (AvgIpc) is 1.97. The summed E-state index contributed by atoms with van der Waals surface area (Å²) in [5, 5.41) is 12.2. The molecule has 2 atom stereocenters. The van der Waals surface area contributed by atoms with Gasteiger partial charge in [-0.3, -0.25) is 0 Å². The minimum atomic E-state index is -0.604. The van der Waals surface area contributed by atoms with Crippen molar-refractivity contribution in [3.63, 3.8) is 0 Å². The maximum atomic E-state index is 11.5. The monoisotopic (exact) mass is 343 g/mol. The van der Waals surface area contributed by atoms with E-state index < -0.39 is 15.8 Å². The van der Waals surface area contributed by atoms with Gasteiger partial charge >= 0.3 is 6.09 Å².